The van der Waals surface area contributed by atoms with Crippen molar-refractivity contribution in [3.05, 3.63) is 101 Å². The van der Waals surface area contributed by atoms with Gasteiger partial charge in [-0.15, -0.1) is 0 Å². The SMILES string of the molecule is [2H]C([2H])([2H])c1ccc2cc3c(cc2n1)oc1c(-c2nc4ccccc4n2-c2c(C(C)C)cc(C4([2H])CCC5(CCCCC5)CC4)cc2C(C)C)cccc13. The smallest absolute Gasteiger partial charge is 0.149 e. The normalized spacial score (nSPS) is 19.1. The van der Waals surface area contributed by atoms with Crippen molar-refractivity contribution in [2.75, 3.05) is 0 Å². The molecule has 3 aromatic heterocycles. The third-order valence-corrected chi connectivity index (χ3v) is 12.0. The van der Waals surface area contributed by atoms with Crippen molar-refractivity contribution in [2.24, 2.45) is 5.41 Å². The molecule has 0 bridgehead atoms. The van der Waals surface area contributed by atoms with Gasteiger partial charge in [0.15, 0.2) is 0 Å². The van der Waals surface area contributed by atoms with Crippen LogP contribution in [0.4, 0.5) is 0 Å². The van der Waals surface area contributed by atoms with Gasteiger partial charge in [-0.25, -0.2) is 4.98 Å². The van der Waals surface area contributed by atoms with Gasteiger partial charge >= 0.3 is 0 Å². The van der Waals surface area contributed by atoms with E-state index in [9.17, 15) is 1.37 Å². The van der Waals surface area contributed by atoms with Crippen molar-refractivity contribution in [1.82, 2.24) is 14.5 Å². The zero-order valence-electron chi connectivity index (χ0n) is 33.8. The van der Waals surface area contributed by atoms with Gasteiger partial charge in [-0.2, -0.15) is 0 Å². The molecule has 2 aliphatic carbocycles. The largest absolute Gasteiger partial charge is 0.455 e. The predicted molar refractivity (Wildman–Crippen MR) is 209 cm³/mol. The molecular formula is C46H49N3O. The van der Waals surface area contributed by atoms with Gasteiger partial charge in [-0.05, 0) is 116 Å². The summed E-state index contributed by atoms with van der Waals surface area (Å²) in [5.74, 6) is 0.647. The van der Waals surface area contributed by atoms with Crippen LogP contribution in [0.2, 0.25) is 0 Å². The number of benzene rings is 4. The van der Waals surface area contributed by atoms with Gasteiger partial charge < -0.3 is 4.42 Å². The van der Waals surface area contributed by atoms with Gasteiger partial charge in [0.2, 0.25) is 0 Å². The zero-order chi connectivity index (χ0) is 37.6. The minimum absolute atomic E-state index is 0.0702. The lowest BCUT2D eigenvalue weighted by atomic mass is 9.62. The fourth-order valence-corrected chi connectivity index (χ4v) is 9.22. The summed E-state index contributed by atoms with van der Waals surface area (Å²) in [5, 5.41) is 2.78. The second kappa shape index (κ2) is 12.1. The second-order valence-electron chi connectivity index (χ2n) is 15.8. The first kappa shape index (κ1) is 27.3. The van der Waals surface area contributed by atoms with Gasteiger partial charge in [0.25, 0.3) is 0 Å². The zero-order valence-corrected chi connectivity index (χ0v) is 29.8. The highest BCUT2D eigenvalue weighted by molar-refractivity contribution is 6.12. The van der Waals surface area contributed by atoms with E-state index in [1.807, 2.05) is 24.3 Å². The number of aromatic nitrogens is 3. The molecule has 0 unspecified atom stereocenters. The van der Waals surface area contributed by atoms with Crippen molar-refractivity contribution in [2.45, 2.75) is 110 Å². The lowest BCUT2D eigenvalue weighted by molar-refractivity contribution is 0.114. The Morgan fingerprint density at radius 2 is 1.54 bits per heavy atom. The Labute approximate surface area is 301 Å². The van der Waals surface area contributed by atoms with Crippen LogP contribution >= 0.6 is 0 Å². The van der Waals surface area contributed by atoms with E-state index in [1.54, 1.807) is 6.07 Å². The minimum Gasteiger partial charge on any atom is -0.455 e. The third-order valence-electron chi connectivity index (χ3n) is 12.0. The number of furan rings is 1. The summed E-state index contributed by atoms with van der Waals surface area (Å²) in [4.78, 5) is 9.84. The molecule has 2 saturated carbocycles. The van der Waals surface area contributed by atoms with Crippen molar-refractivity contribution in [1.29, 1.82) is 0 Å². The fraction of sp³-hybridized carbons (Fsp3) is 0.391. The molecule has 2 aliphatic rings. The number of rotatable bonds is 5. The first-order valence-electron chi connectivity index (χ1n) is 20.8. The summed E-state index contributed by atoms with van der Waals surface area (Å²) in [6, 6.07) is 26.7. The molecule has 4 aromatic carbocycles. The molecule has 254 valence electrons. The summed E-state index contributed by atoms with van der Waals surface area (Å²) >= 11 is 0. The average molecular weight is 664 g/mol. The molecule has 3 heterocycles. The maximum atomic E-state index is 9.97. The molecule has 0 radical (unpaired) electrons. The van der Waals surface area contributed by atoms with Crippen LogP contribution < -0.4 is 0 Å². The molecular weight excluding hydrogens is 611 g/mol. The molecule has 50 heavy (non-hydrogen) atoms. The van der Waals surface area contributed by atoms with Gasteiger partial charge in [-0.3, -0.25) is 9.55 Å². The molecule has 0 atom stereocenters. The molecule has 1 spiro atoms. The van der Waals surface area contributed by atoms with Gasteiger partial charge in [0.1, 0.15) is 17.0 Å². The van der Waals surface area contributed by atoms with Crippen molar-refractivity contribution >= 4 is 43.9 Å². The number of para-hydroxylation sites is 3. The number of pyridine rings is 1. The van der Waals surface area contributed by atoms with E-state index in [-0.39, 0.29) is 17.5 Å². The summed E-state index contributed by atoms with van der Waals surface area (Å²) in [6.45, 7) is 6.81. The van der Waals surface area contributed by atoms with Crippen molar-refractivity contribution in [3.63, 3.8) is 0 Å². The highest BCUT2D eigenvalue weighted by Crippen LogP contribution is 2.52. The van der Waals surface area contributed by atoms with E-state index in [1.165, 1.54) is 43.2 Å². The Balaban J connectivity index is 1.24. The van der Waals surface area contributed by atoms with E-state index >= 15 is 0 Å². The summed E-state index contributed by atoms with van der Waals surface area (Å²) < 4.78 is 42.7. The molecule has 9 rings (SSSR count). The number of hydrogen-bond donors (Lipinski definition) is 0. The quantitative estimate of drug-likeness (QED) is 0.184. The van der Waals surface area contributed by atoms with Crippen molar-refractivity contribution < 1.29 is 9.90 Å². The molecule has 4 nitrogen and oxygen atoms in total. The summed E-state index contributed by atoms with van der Waals surface area (Å²) in [6.07, 6.45) is 10.9. The Morgan fingerprint density at radius 1 is 0.780 bits per heavy atom. The van der Waals surface area contributed by atoms with E-state index < -0.39 is 12.7 Å². The highest BCUT2D eigenvalue weighted by Gasteiger charge is 2.37. The Bertz CT molecular complexity index is 2530. The molecule has 0 N–H and O–H groups in total. The minimum atomic E-state index is -2.29. The van der Waals surface area contributed by atoms with Crippen molar-refractivity contribution in [3.8, 4) is 17.1 Å². The first-order valence-corrected chi connectivity index (χ1v) is 18.8. The molecule has 2 fully saturated rings. The third kappa shape index (κ3) is 5.17. The van der Waals surface area contributed by atoms with Crippen LogP contribution in [0.3, 0.4) is 0 Å². The van der Waals surface area contributed by atoms with Crippen LogP contribution in [-0.4, -0.2) is 14.5 Å². The standard InChI is InChI=1S/C46H49N3O/c1-28(2)36-25-33(31-18-22-46(23-19-31)20-9-6-10-21-46)26-37(29(3)4)43(36)49-41-15-8-7-14-39(41)48-45(49)35-13-11-12-34-38-24-32-17-16-30(5)47-40(32)27-42(38)50-44(34)35/h7-8,11-17,24-29,31H,6,9-10,18-23H2,1-5H3/i5D3,31D. The van der Waals surface area contributed by atoms with Crippen LogP contribution in [0.15, 0.2) is 83.3 Å². The number of imidazole rings is 1. The van der Waals surface area contributed by atoms with E-state index in [0.717, 1.165) is 81.1 Å². The molecule has 0 saturated heterocycles. The first-order chi connectivity index (χ1) is 25.8. The molecule has 0 aliphatic heterocycles. The topological polar surface area (TPSA) is 43.9 Å². The van der Waals surface area contributed by atoms with Crippen LogP contribution in [0, 0.1) is 12.3 Å². The monoisotopic (exact) mass is 663 g/mol. The van der Waals surface area contributed by atoms with Crippen LogP contribution in [0.1, 0.15) is 131 Å². The lowest BCUT2D eigenvalue weighted by Gasteiger charge is -2.43. The Kier molecular flexibility index (Phi) is 6.61. The fourth-order valence-electron chi connectivity index (χ4n) is 9.22. The van der Waals surface area contributed by atoms with Gasteiger partial charge in [0.05, 0.1) is 27.8 Å². The van der Waals surface area contributed by atoms with E-state index in [2.05, 4.69) is 85.8 Å². The Morgan fingerprint density at radius 3 is 2.28 bits per heavy atom. The highest BCUT2D eigenvalue weighted by atomic mass is 16.3. The van der Waals surface area contributed by atoms with Crippen LogP contribution in [0.5, 0.6) is 0 Å². The second-order valence-corrected chi connectivity index (χ2v) is 15.8. The predicted octanol–water partition coefficient (Wildman–Crippen LogP) is 13.3. The van der Waals surface area contributed by atoms with Gasteiger partial charge in [0, 0.05) is 33.4 Å². The Hall–Kier alpha value is -4.44. The number of aryl methyl sites for hydroxylation is 1. The molecule has 7 aromatic rings. The number of nitrogens with zero attached hydrogens (tertiary/aromatic N) is 3. The molecule has 0 amide bonds. The average Bonchev–Trinajstić information content (AvgIpc) is 3.72. The van der Waals surface area contributed by atoms with Crippen LogP contribution in [-0.2, 0) is 0 Å². The maximum absolute atomic E-state index is 9.97. The number of hydrogen-bond acceptors (Lipinski definition) is 3. The van der Waals surface area contributed by atoms with E-state index in [4.69, 9.17) is 13.5 Å². The molecule has 4 heteroatoms. The maximum Gasteiger partial charge on any atom is 0.149 e. The summed E-state index contributed by atoms with van der Waals surface area (Å²) in [7, 11) is 0. The van der Waals surface area contributed by atoms with Gasteiger partial charge in [-0.1, -0.05) is 89.4 Å². The summed E-state index contributed by atoms with van der Waals surface area (Å²) in [5.41, 5.74) is 10.1. The number of fused-ring (bicyclic) bond motifs is 5. The van der Waals surface area contributed by atoms with Crippen LogP contribution in [0.25, 0.3) is 61.0 Å². The lowest BCUT2D eigenvalue weighted by Crippen LogP contribution is -2.29. The van der Waals surface area contributed by atoms with E-state index in [0.29, 0.717) is 16.5 Å².